The summed E-state index contributed by atoms with van der Waals surface area (Å²) in [6.07, 6.45) is 4.05. The second-order valence-electron chi connectivity index (χ2n) is 3.42. The first-order valence-corrected chi connectivity index (χ1v) is 7.97. The Labute approximate surface area is 130 Å². The number of rotatable bonds is 3. The molecule has 1 nitrogen and oxygen atoms in total. The molecule has 0 aliphatic carbocycles. The molecule has 2 aromatic heterocycles. The van der Waals surface area contributed by atoms with Crippen molar-refractivity contribution in [2.45, 2.75) is 11.8 Å². The molecule has 1 unspecified atom stereocenters. The number of pyridine rings is 1. The molecule has 6 heteroatoms. The molecule has 17 heavy (non-hydrogen) atoms. The summed E-state index contributed by atoms with van der Waals surface area (Å²) in [7, 11) is 0. The zero-order chi connectivity index (χ0) is 12.4. The average molecular weight is 416 g/mol. The Morgan fingerprint density at radius 3 is 2.76 bits per heavy atom. The predicted molar refractivity (Wildman–Crippen MR) is 81.3 cm³/mol. The fourth-order valence-corrected chi connectivity index (χ4v) is 5.14. The van der Waals surface area contributed by atoms with Gasteiger partial charge < -0.3 is 0 Å². The lowest BCUT2D eigenvalue weighted by molar-refractivity contribution is 0.917. The summed E-state index contributed by atoms with van der Waals surface area (Å²) >= 11 is 21.0. The molecule has 0 amide bonds. The highest BCUT2D eigenvalue weighted by molar-refractivity contribution is 9.12. The molecule has 0 N–H and O–H groups in total. The molecule has 0 saturated carbocycles. The Morgan fingerprint density at radius 1 is 1.41 bits per heavy atom. The van der Waals surface area contributed by atoms with Crippen LogP contribution in [0.2, 0.25) is 5.02 Å². The second kappa shape index (κ2) is 6.02. The standard InChI is InChI=1S/C11H7Br2Cl2NS/c12-10-4-7(11(13)17-10)8(14)3-6-1-2-16-5-9(6)15/h1-2,4-5,8H,3H2. The summed E-state index contributed by atoms with van der Waals surface area (Å²) in [5, 5.41) is 0.551. The van der Waals surface area contributed by atoms with Gasteiger partial charge in [-0.2, -0.15) is 0 Å². The van der Waals surface area contributed by atoms with E-state index in [1.165, 1.54) is 0 Å². The van der Waals surface area contributed by atoms with Crippen molar-refractivity contribution >= 4 is 66.4 Å². The largest absolute Gasteiger partial charge is 0.263 e. The van der Waals surface area contributed by atoms with Gasteiger partial charge in [0, 0.05) is 12.4 Å². The topological polar surface area (TPSA) is 12.9 Å². The third-order valence-electron chi connectivity index (χ3n) is 2.28. The maximum Gasteiger partial charge on any atom is 0.0757 e. The van der Waals surface area contributed by atoms with Gasteiger partial charge in [-0.3, -0.25) is 4.98 Å². The monoisotopic (exact) mass is 413 g/mol. The van der Waals surface area contributed by atoms with E-state index in [1.807, 2.05) is 12.1 Å². The lowest BCUT2D eigenvalue weighted by atomic mass is 10.1. The first-order valence-electron chi connectivity index (χ1n) is 4.75. The number of thiophene rings is 1. The Balaban J connectivity index is 2.20. The van der Waals surface area contributed by atoms with E-state index in [4.69, 9.17) is 23.2 Å². The van der Waals surface area contributed by atoms with Crippen LogP contribution in [0.4, 0.5) is 0 Å². The van der Waals surface area contributed by atoms with E-state index in [2.05, 4.69) is 36.8 Å². The van der Waals surface area contributed by atoms with Gasteiger partial charge in [0.25, 0.3) is 0 Å². The number of hydrogen-bond acceptors (Lipinski definition) is 2. The maximum absolute atomic E-state index is 6.41. The third-order valence-corrected chi connectivity index (χ3v) is 5.39. The van der Waals surface area contributed by atoms with Crippen molar-refractivity contribution in [2.24, 2.45) is 0 Å². The summed E-state index contributed by atoms with van der Waals surface area (Å²) in [6.45, 7) is 0. The number of nitrogens with zero attached hydrogens (tertiary/aromatic N) is 1. The summed E-state index contributed by atoms with van der Waals surface area (Å²) in [5.74, 6) is 0. The molecule has 0 saturated heterocycles. The van der Waals surface area contributed by atoms with Crippen LogP contribution in [0, 0.1) is 0 Å². The van der Waals surface area contributed by atoms with Crippen molar-refractivity contribution in [1.82, 2.24) is 4.98 Å². The quantitative estimate of drug-likeness (QED) is 0.573. The van der Waals surface area contributed by atoms with Gasteiger partial charge in [-0.15, -0.1) is 22.9 Å². The van der Waals surface area contributed by atoms with Gasteiger partial charge in [0.15, 0.2) is 0 Å². The molecule has 0 fully saturated rings. The Bertz CT molecular complexity index is 530. The van der Waals surface area contributed by atoms with Crippen LogP contribution in [0.25, 0.3) is 0 Å². The summed E-state index contributed by atoms with van der Waals surface area (Å²) in [4.78, 5) is 3.96. The van der Waals surface area contributed by atoms with Gasteiger partial charge in [0.2, 0.25) is 0 Å². The number of alkyl halides is 1. The van der Waals surface area contributed by atoms with Crippen molar-refractivity contribution in [3.05, 3.63) is 48.2 Å². The summed E-state index contributed by atoms with van der Waals surface area (Å²) in [6, 6.07) is 3.93. The third kappa shape index (κ3) is 3.44. The van der Waals surface area contributed by atoms with Crippen molar-refractivity contribution in [3.63, 3.8) is 0 Å². The molecular formula is C11H7Br2Cl2NS. The van der Waals surface area contributed by atoms with Crippen LogP contribution < -0.4 is 0 Å². The molecule has 2 rings (SSSR count). The van der Waals surface area contributed by atoms with Crippen molar-refractivity contribution in [1.29, 1.82) is 0 Å². The summed E-state index contributed by atoms with van der Waals surface area (Å²) in [5.41, 5.74) is 2.09. The highest BCUT2D eigenvalue weighted by Gasteiger charge is 2.16. The minimum Gasteiger partial charge on any atom is -0.263 e. The Morgan fingerprint density at radius 2 is 2.18 bits per heavy atom. The molecule has 1 atom stereocenters. The number of halogens is 4. The molecule has 90 valence electrons. The molecule has 0 bridgehead atoms. The van der Waals surface area contributed by atoms with Gasteiger partial charge in [0.05, 0.1) is 18.0 Å². The second-order valence-corrected chi connectivity index (χ2v) is 8.10. The Kier molecular flexibility index (Phi) is 4.89. The molecule has 2 heterocycles. The first kappa shape index (κ1) is 13.8. The molecule has 0 aliphatic rings. The normalized spacial score (nSPS) is 12.7. The van der Waals surface area contributed by atoms with Gasteiger partial charge >= 0.3 is 0 Å². The smallest absolute Gasteiger partial charge is 0.0757 e. The molecule has 0 aliphatic heterocycles. The van der Waals surface area contributed by atoms with Gasteiger partial charge in [0.1, 0.15) is 0 Å². The SMILES string of the molecule is Clc1cnccc1CC(Cl)c1cc(Br)sc1Br. The lowest BCUT2D eigenvalue weighted by Crippen LogP contribution is -1.96. The zero-order valence-electron chi connectivity index (χ0n) is 8.46. The van der Waals surface area contributed by atoms with Gasteiger partial charge in [-0.25, -0.2) is 0 Å². The van der Waals surface area contributed by atoms with Crippen LogP contribution in [0.1, 0.15) is 16.5 Å². The Hall–Kier alpha value is 0.390. The molecule has 0 radical (unpaired) electrons. The van der Waals surface area contributed by atoms with Crippen LogP contribution in [0.5, 0.6) is 0 Å². The van der Waals surface area contributed by atoms with E-state index in [-0.39, 0.29) is 5.38 Å². The van der Waals surface area contributed by atoms with Crippen molar-refractivity contribution in [3.8, 4) is 0 Å². The molecular weight excluding hydrogens is 409 g/mol. The molecule has 0 aromatic carbocycles. The molecule has 0 spiro atoms. The van der Waals surface area contributed by atoms with E-state index in [9.17, 15) is 0 Å². The number of hydrogen-bond donors (Lipinski definition) is 0. The predicted octanol–water partition coefficient (Wildman–Crippen LogP) is 5.84. The fourth-order valence-electron chi connectivity index (χ4n) is 1.44. The van der Waals surface area contributed by atoms with Crippen LogP contribution >= 0.6 is 66.4 Å². The number of aromatic nitrogens is 1. The van der Waals surface area contributed by atoms with E-state index in [1.54, 1.807) is 23.7 Å². The van der Waals surface area contributed by atoms with E-state index < -0.39 is 0 Å². The van der Waals surface area contributed by atoms with Gasteiger partial charge in [-0.1, -0.05) is 11.6 Å². The van der Waals surface area contributed by atoms with E-state index in [0.717, 1.165) is 18.7 Å². The fraction of sp³-hybridized carbons (Fsp3) is 0.182. The van der Waals surface area contributed by atoms with Crippen molar-refractivity contribution in [2.75, 3.05) is 0 Å². The maximum atomic E-state index is 6.41. The zero-order valence-corrected chi connectivity index (χ0v) is 14.0. The van der Waals surface area contributed by atoms with E-state index in [0.29, 0.717) is 11.4 Å². The minimum absolute atomic E-state index is 0.105. The average Bonchev–Trinajstić information content (AvgIpc) is 2.61. The van der Waals surface area contributed by atoms with Crippen LogP contribution in [-0.2, 0) is 6.42 Å². The van der Waals surface area contributed by atoms with Gasteiger partial charge in [-0.05, 0) is 61.5 Å². The lowest BCUT2D eigenvalue weighted by Gasteiger charge is -2.09. The van der Waals surface area contributed by atoms with Crippen molar-refractivity contribution < 1.29 is 0 Å². The highest BCUT2D eigenvalue weighted by atomic mass is 79.9. The molecule has 2 aromatic rings. The van der Waals surface area contributed by atoms with Crippen LogP contribution in [-0.4, -0.2) is 4.98 Å². The highest BCUT2D eigenvalue weighted by Crippen LogP contribution is 2.39. The first-order chi connectivity index (χ1) is 8.08. The van der Waals surface area contributed by atoms with E-state index >= 15 is 0 Å². The van der Waals surface area contributed by atoms with Crippen LogP contribution in [0.15, 0.2) is 32.1 Å². The van der Waals surface area contributed by atoms with Crippen LogP contribution in [0.3, 0.4) is 0 Å². The minimum atomic E-state index is -0.105. The summed E-state index contributed by atoms with van der Waals surface area (Å²) < 4.78 is 2.11.